The average Bonchev–Trinajstić information content (AvgIpc) is 2.81. The second kappa shape index (κ2) is 6.53. The van der Waals surface area contributed by atoms with Crippen LogP contribution in [0.3, 0.4) is 0 Å². The van der Waals surface area contributed by atoms with E-state index in [4.69, 9.17) is 0 Å². The van der Waals surface area contributed by atoms with Gasteiger partial charge >= 0.3 is 5.69 Å². The van der Waals surface area contributed by atoms with Gasteiger partial charge in [0, 0.05) is 44.6 Å². The summed E-state index contributed by atoms with van der Waals surface area (Å²) < 4.78 is 3.01. The molecule has 114 valence electrons. The number of H-pyrrole nitrogens is 1. The highest BCUT2D eigenvalue weighted by atomic mass is 16.2. The van der Waals surface area contributed by atoms with E-state index in [1.807, 2.05) is 26.5 Å². The van der Waals surface area contributed by atoms with Crippen LogP contribution in [-0.4, -0.2) is 44.4 Å². The third kappa shape index (κ3) is 4.16. The first-order chi connectivity index (χ1) is 9.95. The Bertz CT molecular complexity index is 681. The summed E-state index contributed by atoms with van der Waals surface area (Å²) >= 11 is 0. The first kappa shape index (κ1) is 15.2. The maximum Gasteiger partial charge on any atom is 0.328 e. The van der Waals surface area contributed by atoms with Crippen molar-refractivity contribution in [1.82, 2.24) is 24.2 Å². The van der Waals surface area contributed by atoms with Crippen LogP contribution in [0.15, 0.2) is 28.0 Å². The summed E-state index contributed by atoms with van der Waals surface area (Å²) in [6, 6.07) is 1.44. The van der Waals surface area contributed by atoms with Gasteiger partial charge in [-0.05, 0) is 26.0 Å². The summed E-state index contributed by atoms with van der Waals surface area (Å²) in [5, 5.41) is 4.13. The average molecular weight is 291 g/mol. The van der Waals surface area contributed by atoms with Gasteiger partial charge in [-0.1, -0.05) is 0 Å². The van der Waals surface area contributed by atoms with E-state index in [2.05, 4.69) is 15.0 Å². The van der Waals surface area contributed by atoms with Crippen molar-refractivity contribution in [3.05, 3.63) is 50.6 Å². The summed E-state index contributed by atoms with van der Waals surface area (Å²) in [7, 11) is 3.87. The maximum atomic E-state index is 11.8. The highest BCUT2D eigenvalue weighted by Gasteiger charge is 2.05. The standard InChI is InChI=1S/C14H21N5O2/c1-11-8-13(20)19(14(21)16-11)7-6-17(2)5-4-12-9-15-18(3)10-12/h8-10H,4-7H2,1-3H3,(H,16,21). The molecule has 1 N–H and O–H groups in total. The molecule has 0 aliphatic rings. The van der Waals surface area contributed by atoms with Crippen molar-refractivity contribution in [2.75, 3.05) is 20.1 Å². The van der Waals surface area contributed by atoms with Gasteiger partial charge in [0.05, 0.1) is 6.20 Å². The van der Waals surface area contributed by atoms with Crippen molar-refractivity contribution in [2.24, 2.45) is 7.05 Å². The van der Waals surface area contributed by atoms with Crippen LogP contribution in [0.2, 0.25) is 0 Å². The monoisotopic (exact) mass is 291 g/mol. The molecule has 0 aromatic carbocycles. The van der Waals surface area contributed by atoms with Crippen LogP contribution in [0.4, 0.5) is 0 Å². The van der Waals surface area contributed by atoms with E-state index < -0.39 is 0 Å². The minimum absolute atomic E-state index is 0.253. The van der Waals surface area contributed by atoms with Gasteiger partial charge in [-0.2, -0.15) is 5.10 Å². The zero-order valence-corrected chi connectivity index (χ0v) is 12.7. The number of nitrogens with one attached hydrogen (secondary N) is 1. The molecule has 0 saturated heterocycles. The molecule has 2 aromatic heterocycles. The SMILES string of the molecule is Cc1cc(=O)n(CCN(C)CCc2cnn(C)c2)c(=O)[nH]1. The fraction of sp³-hybridized carbons (Fsp3) is 0.500. The Hall–Kier alpha value is -2.15. The third-order valence-electron chi connectivity index (χ3n) is 3.40. The van der Waals surface area contributed by atoms with Gasteiger partial charge in [0.15, 0.2) is 0 Å². The molecule has 21 heavy (non-hydrogen) atoms. The molecule has 0 bridgehead atoms. The Kier molecular flexibility index (Phi) is 4.74. The molecular formula is C14H21N5O2. The van der Waals surface area contributed by atoms with E-state index in [0.29, 0.717) is 18.8 Å². The normalized spacial score (nSPS) is 11.2. The first-order valence-corrected chi connectivity index (χ1v) is 6.92. The maximum absolute atomic E-state index is 11.8. The first-order valence-electron chi connectivity index (χ1n) is 6.92. The predicted octanol–water partition coefficient (Wildman–Crippen LogP) is -0.247. The minimum atomic E-state index is -0.347. The smallest absolute Gasteiger partial charge is 0.311 e. The van der Waals surface area contributed by atoms with Crippen molar-refractivity contribution < 1.29 is 0 Å². The van der Waals surface area contributed by atoms with Gasteiger partial charge < -0.3 is 9.88 Å². The lowest BCUT2D eigenvalue weighted by molar-refractivity contribution is 0.318. The molecular weight excluding hydrogens is 270 g/mol. The fourth-order valence-electron chi connectivity index (χ4n) is 2.15. The number of aromatic amines is 1. The van der Waals surface area contributed by atoms with Gasteiger partial charge in [-0.3, -0.25) is 14.0 Å². The Labute approximate surface area is 122 Å². The van der Waals surface area contributed by atoms with E-state index in [1.54, 1.807) is 11.6 Å². The Morgan fingerprint density at radius 2 is 2.10 bits per heavy atom. The van der Waals surface area contributed by atoms with Crippen molar-refractivity contribution in [1.29, 1.82) is 0 Å². The van der Waals surface area contributed by atoms with E-state index >= 15 is 0 Å². The third-order valence-corrected chi connectivity index (χ3v) is 3.40. The van der Waals surface area contributed by atoms with Crippen LogP contribution in [-0.2, 0) is 20.0 Å². The molecule has 0 radical (unpaired) electrons. The van der Waals surface area contributed by atoms with Crippen LogP contribution in [0.1, 0.15) is 11.3 Å². The molecule has 7 heteroatoms. The lowest BCUT2D eigenvalue weighted by Crippen LogP contribution is -2.38. The number of aryl methyl sites for hydroxylation is 2. The molecule has 0 amide bonds. The summed E-state index contributed by atoms with van der Waals surface area (Å²) in [5.41, 5.74) is 1.17. The van der Waals surface area contributed by atoms with Gasteiger partial charge in [0.2, 0.25) is 0 Å². The molecule has 2 rings (SSSR count). The molecule has 2 heterocycles. The lowest BCUT2D eigenvalue weighted by atomic mass is 10.2. The van der Waals surface area contributed by atoms with Gasteiger partial charge in [0.1, 0.15) is 0 Å². The Morgan fingerprint density at radius 3 is 2.71 bits per heavy atom. The van der Waals surface area contributed by atoms with Crippen LogP contribution in [0.25, 0.3) is 0 Å². The second-order valence-corrected chi connectivity index (χ2v) is 5.32. The molecule has 0 atom stereocenters. The van der Waals surface area contributed by atoms with Crippen LogP contribution < -0.4 is 11.2 Å². The van der Waals surface area contributed by atoms with E-state index in [-0.39, 0.29) is 11.2 Å². The molecule has 7 nitrogen and oxygen atoms in total. The zero-order chi connectivity index (χ0) is 15.4. The van der Waals surface area contributed by atoms with Crippen molar-refractivity contribution in [3.8, 4) is 0 Å². The molecule has 0 aliphatic heterocycles. The molecule has 0 spiro atoms. The topological polar surface area (TPSA) is 75.9 Å². The molecule has 0 aliphatic carbocycles. The number of likely N-dealkylation sites (N-methyl/N-ethyl adjacent to an activating group) is 1. The second-order valence-electron chi connectivity index (χ2n) is 5.32. The summed E-state index contributed by atoms with van der Waals surface area (Å²) in [6.45, 7) is 3.58. The van der Waals surface area contributed by atoms with Crippen LogP contribution in [0, 0.1) is 6.92 Å². The van der Waals surface area contributed by atoms with E-state index in [0.717, 1.165) is 13.0 Å². The Balaban J connectivity index is 1.88. The van der Waals surface area contributed by atoms with Crippen molar-refractivity contribution in [3.63, 3.8) is 0 Å². The van der Waals surface area contributed by atoms with Gasteiger partial charge in [-0.15, -0.1) is 0 Å². The molecule has 0 fully saturated rings. The number of rotatable bonds is 6. The van der Waals surface area contributed by atoms with Crippen LogP contribution in [0.5, 0.6) is 0 Å². The van der Waals surface area contributed by atoms with Crippen molar-refractivity contribution >= 4 is 0 Å². The highest BCUT2D eigenvalue weighted by Crippen LogP contribution is 1.98. The largest absolute Gasteiger partial charge is 0.328 e. The quantitative estimate of drug-likeness (QED) is 0.796. The van der Waals surface area contributed by atoms with Gasteiger partial charge in [-0.25, -0.2) is 4.79 Å². The molecule has 0 unspecified atom stereocenters. The Morgan fingerprint density at radius 1 is 1.33 bits per heavy atom. The lowest BCUT2D eigenvalue weighted by Gasteiger charge is -2.16. The van der Waals surface area contributed by atoms with E-state index in [1.165, 1.54) is 16.2 Å². The summed E-state index contributed by atoms with van der Waals surface area (Å²) in [4.78, 5) is 28.2. The fourth-order valence-corrected chi connectivity index (χ4v) is 2.15. The number of nitrogens with zero attached hydrogens (tertiary/aromatic N) is 4. The van der Waals surface area contributed by atoms with E-state index in [9.17, 15) is 9.59 Å². The zero-order valence-electron chi connectivity index (χ0n) is 12.7. The van der Waals surface area contributed by atoms with Gasteiger partial charge in [0.25, 0.3) is 5.56 Å². The number of hydrogen-bond donors (Lipinski definition) is 1. The number of hydrogen-bond acceptors (Lipinski definition) is 4. The molecule has 0 saturated carbocycles. The molecule has 2 aromatic rings. The highest BCUT2D eigenvalue weighted by molar-refractivity contribution is 5.03. The van der Waals surface area contributed by atoms with Crippen LogP contribution >= 0.6 is 0 Å². The summed E-state index contributed by atoms with van der Waals surface area (Å²) in [5.74, 6) is 0. The predicted molar refractivity (Wildman–Crippen MR) is 80.5 cm³/mol. The minimum Gasteiger partial charge on any atom is -0.311 e. The van der Waals surface area contributed by atoms with Crippen molar-refractivity contribution in [2.45, 2.75) is 19.9 Å². The number of aromatic nitrogens is 4. The summed E-state index contributed by atoms with van der Waals surface area (Å²) in [6.07, 6.45) is 4.73.